The van der Waals surface area contributed by atoms with Crippen LogP contribution >= 0.6 is 0 Å². The average Bonchev–Trinajstić information content (AvgIpc) is 2.39. The highest BCUT2D eigenvalue weighted by molar-refractivity contribution is 5.58. The molecule has 0 aliphatic heterocycles. The highest BCUT2D eigenvalue weighted by atomic mass is 14.9. The number of rotatable bonds is 4. The second kappa shape index (κ2) is 5.74. The molecule has 2 N–H and O–H groups in total. The first-order chi connectivity index (χ1) is 8.69. The molecule has 1 aromatic heterocycles. The Kier molecular flexibility index (Phi) is 4.05. The van der Waals surface area contributed by atoms with E-state index >= 15 is 0 Å². The maximum atomic E-state index is 5.96. The Labute approximate surface area is 108 Å². The Morgan fingerprint density at radius 1 is 1.17 bits per heavy atom. The number of nitrogens with two attached hydrogens (primary N) is 1. The Hall–Kier alpha value is -1.74. The molecule has 0 aliphatic carbocycles. The van der Waals surface area contributed by atoms with Gasteiger partial charge >= 0.3 is 0 Å². The van der Waals surface area contributed by atoms with Crippen molar-refractivity contribution < 1.29 is 0 Å². The van der Waals surface area contributed by atoms with Crippen molar-refractivity contribution in [3.63, 3.8) is 0 Å². The van der Waals surface area contributed by atoms with Gasteiger partial charge in [0.25, 0.3) is 0 Å². The van der Waals surface area contributed by atoms with Crippen LogP contribution in [0, 0.1) is 6.92 Å². The molecule has 18 heavy (non-hydrogen) atoms. The highest BCUT2D eigenvalue weighted by Gasteiger charge is 2.07. The molecule has 0 saturated heterocycles. The molecule has 2 aromatic rings. The van der Waals surface area contributed by atoms with Gasteiger partial charge in [0.05, 0.1) is 5.69 Å². The van der Waals surface area contributed by atoms with Crippen molar-refractivity contribution in [1.82, 2.24) is 9.97 Å². The van der Waals surface area contributed by atoms with E-state index in [4.69, 9.17) is 5.73 Å². The van der Waals surface area contributed by atoms with Crippen LogP contribution in [-0.4, -0.2) is 16.0 Å². The second-order valence-electron chi connectivity index (χ2n) is 4.55. The van der Waals surface area contributed by atoms with Gasteiger partial charge in [0.1, 0.15) is 5.82 Å². The minimum absolute atomic E-state index is 0.135. The van der Waals surface area contributed by atoms with E-state index in [-0.39, 0.29) is 6.04 Å². The molecular weight excluding hydrogens is 222 g/mol. The summed E-state index contributed by atoms with van der Waals surface area (Å²) in [6, 6.07) is 12.3. The molecular formula is C15H19N3. The molecule has 0 saturated carbocycles. The first-order valence-electron chi connectivity index (χ1n) is 6.34. The normalized spacial score (nSPS) is 12.4. The molecule has 0 fully saturated rings. The largest absolute Gasteiger partial charge is 0.327 e. The average molecular weight is 241 g/mol. The SMILES string of the molecule is CCC(N)Cc1nc(C)cc(-c2ccccc2)n1. The fourth-order valence-corrected chi connectivity index (χ4v) is 1.86. The monoisotopic (exact) mass is 241 g/mol. The summed E-state index contributed by atoms with van der Waals surface area (Å²) in [6.45, 7) is 4.08. The minimum atomic E-state index is 0.135. The van der Waals surface area contributed by atoms with E-state index in [2.05, 4.69) is 29.0 Å². The molecule has 3 nitrogen and oxygen atoms in total. The molecule has 1 unspecified atom stereocenters. The van der Waals surface area contributed by atoms with Gasteiger partial charge in [-0.15, -0.1) is 0 Å². The summed E-state index contributed by atoms with van der Waals surface area (Å²) >= 11 is 0. The lowest BCUT2D eigenvalue weighted by molar-refractivity contribution is 0.623. The molecule has 0 amide bonds. The number of hydrogen-bond acceptors (Lipinski definition) is 3. The number of aromatic nitrogens is 2. The van der Waals surface area contributed by atoms with Crippen LogP contribution in [-0.2, 0) is 6.42 Å². The lowest BCUT2D eigenvalue weighted by Gasteiger charge is -2.09. The third-order valence-electron chi connectivity index (χ3n) is 2.94. The summed E-state index contributed by atoms with van der Waals surface area (Å²) in [5.74, 6) is 0.836. The van der Waals surface area contributed by atoms with Gasteiger partial charge in [-0.3, -0.25) is 0 Å². The maximum absolute atomic E-state index is 5.96. The number of aryl methyl sites for hydroxylation is 1. The van der Waals surface area contributed by atoms with Crippen LogP contribution in [0.1, 0.15) is 24.9 Å². The van der Waals surface area contributed by atoms with Crippen molar-refractivity contribution in [3.05, 3.63) is 47.9 Å². The number of nitrogens with zero attached hydrogens (tertiary/aromatic N) is 2. The van der Waals surface area contributed by atoms with Gasteiger partial charge in [-0.25, -0.2) is 9.97 Å². The van der Waals surface area contributed by atoms with Crippen LogP contribution in [0.25, 0.3) is 11.3 Å². The highest BCUT2D eigenvalue weighted by Crippen LogP contribution is 2.17. The third-order valence-corrected chi connectivity index (χ3v) is 2.94. The van der Waals surface area contributed by atoms with Crippen LogP contribution in [0.4, 0.5) is 0 Å². The molecule has 0 bridgehead atoms. The molecule has 0 aliphatic rings. The van der Waals surface area contributed by atoms with Gasteiger partial charge < -0.3 is 5.73 Å². The summed E-state index contributed by atoms with van der Waals surface area (Å²) < 4.78 is 0. The van der Waals surface area contributed by atoms with Gasteiger partial charge in [-0.05, 0) is 19.4 Å². The van der Waals surface area contributed by atoms with E-state index in [0.29, 0.717) is 0 Å². The fraction of sp³-hybridized carbons (Fsp3) is 0.333. The zero-order chi connectivity index (χ0) is 13.0. The van der Waals surface area contributed by atoms with Crippen LogP contribution in [0.3, 0.4) is 0 Å². The summed E-state index contributed by atoms with van der Waals surface area (Å²) in [5.41, 5.74) is 9.05. The van der Waals surface area contributed by atoms with Crippen molar-refractivity contribution in [1.29, 1.82) is 0 Å². The van der Waals surface area contributed by atoms with Crippen molar-refractivity contribution >= 4 is 0 Å². The topological polar surface area (TPSA) is 51.8 Å². The van der Waals surface area contributed by atoms with Crippen LogP contribution in [0.2, 0.25) is 0 Å². The van der Waals surface area contributed by atoms with Gasteiger partial charge in [-0.1, -0.05) is 37.3 Å². The Bertz CT molecular complexity index is 508. The summed E-state index contributed by atoms with van der Waals surface area (Å²) in [6.07, 6.45) is 1.68. The molecule has 0 radical (unpaired) electrons. The fourth-order valence-electron chi connectivity index (χ4n) is 1.86. The standard InChI is InChI=1S/C15H19N3/c1-3-13(16)10-15-17-11(2)9-14(18-15)12-7-5-4-6-8-12/h4-9,13H,3,10,16H2,1-2H3. The first-order valence-corrected chi connectivity index (χ1v) is 6.34. The van der Waals surface area contributed by atoms with Crippen molar-refractivity contribution in [2.45, 2.75) is 32.7 Å². The number of benzene rings is 1. The Balaban J connectivity index is 2.32. The molecule has 1 atom stereocenters. The molecule has 94 valence electrons. The predicted molar refractivity (Wildman–Crippen MR) is 74.2 cm³/mol. The van der Waals surface area contributed by atoms with Gasteiger partial charge in [0.2, 0.25) is 0 Å². The molecule has 0 spiro atoms. The quantitative estimate of drug-likeness (QED) is 0.895. The van der Waals surface area contributed by atoms with Gasteiger partial charge in [0, 0.05) is 23.7 Å². The van der Waals surface area contributed by atoms with E-state index in [1.54, 1.807) is 0 Å². The van der Waals surface area contributed by atoms with Gasteiger partial charge in [0.15, 0.2) is 0 Å². The summed E-state index contributed by atoms with van der Waals surface area (Å²) in [5, 5.41) is 0. The first kappa shape index (κ1) is 12.7. The third kappa shape index (κ3) is 3.14. The smallest absolute Gasteiger partial charge is 0.130 e. The van der Waals surface area contributed by atoms with E-state index in [9.17, 15) is 0 Å². The maximum Gasteiger partial charge on any atom is 0.130 e. The molecule has 3 heteroatoms. The van der Waals surface area contributed by atoms with Crippen LogP contribution in [0.15, 0.2) is 36.4 Å². The predicted octanol–water partition coefficient (Wildman–Crippen LogP) is 2.73. The zero-order valence-corrected chi connectivity index (χ0v) is 10.9. The van der Waals surface area contributed by atoms with Crippen LogP contribution < -0.4 is 5.73 Å². The van der Waals surface area contributed by atoms with Crippen molar-refractivity contribution in [3.8, 4) is 11.3 Å². The summed E-state index contributed by atoms with van der Waals surface area (Å²) in [4.78, 5) is 9.06. The van der Waals surface area contributed by atoms with E-state index in [0.717, 1.165) is 35.6 Å². The zero-order valence-electron chi connectivity index (χ0n) is 10.9. The van der Waals surface area contributed by atoms with Crippen molar-refractivity contribution in [2.24, 2.45) is 5.73 Å². The lowest BCUT2D eigenvalue weighted by atomic mass is 10.1. The number of hydrogen-bond donors (Lipinski definition) is 1. The van der Waals surface area contributed by atoms with Gasteiger partial charge in [-0.2, -0.15) is 0 Å². The van der Waals surface area contributed by atoms with E-state index < -0.39 is 0 Å². The molecule has 1 heterocycles. The van der Waals surface area contributed by atoms with Crippen LogP contribution in [0.5, 0.6) is 0 Å². The van der Waals surface area contributed by atoms with E-state index in [1.807, 2.05) is 31.2 Å². The van der Waals surface area contributed by atoms with E-state index in [1.165, 1.54) is 0 Å². The van der Waals surface area contributed by atoms with Crippen molar-refractivity contribution in [2.75, 3.05) is 0 Å². The Morgan fingerprint density at radius 3 is 2.56 bits per heavy atom. The molecule has 2 rings (SSSR count). The Morgan fingerprint density at radius 2 is 1.89 bits per heavy atom. The minimum Gasteiger partial charge on any atom is -0.327 e. The second-order valence-corrected chi connectivity index (χ2v) is 4.55. The lowest BCUT2D eigenvalue weighted by Crippen LogP contribution is -2.22. The molecule has 1 aromatic carbocycles. The summed E-state index contributed by atoms with van der Waals surface area (Å²) in [7, 11) is 0.